The molecule has 1 aromatic heterocycles. The molecule has 0 radical (unpaired) electrons. The molecule has 2 aliphatic heterocycles. The molecule has 1 amide bonds. The molecule has 0 aliphatic carbocycles. The second-order valence-corrected chi connectivity index (χ2v) is 5.15. The van der Waals surface area contributed by atoms with E-state index in [4.69, 9.17) is 4.42 Å². The quantitative estimate of drug-likeness (QED) is 0.818. The minimum atomic E-state index is -0.0104. The number of hydrogen-bond acceptors (Lipinski definition) is 3. The summed E-state index contributed by atoms with van der Waals surface area (Å²) in [7, 11) is 0. The van der Waals surface area contributed by atoms with Crippen LogP contribution in [-0.4, -0.2) is 24.0 Å². The van der Waals surface area contributed by atoms with Gasteiger partial charge in [-0.05, 0) is 31.7 Å². The molecule has 2 N–H and O–H groups in total. The van der Waals surface area contributed by atoms with E-state index in [0.29, 0.717) is 23.7 Å². The van der Waals surface area contributed by atoms with E-state index in [-0.39, 0.29) is 5.91 Å². The van der Waals surface area contributed by atoms with Crippen LogP contribution in [0.2, 0.25) is 0 Å². The van der Waals surface area contributed by atoms with Gasteiger partial charge in [0.1, 0.15) is 6.26 Å². The summed E-state index contributed by atoms with van der Waals surface area (Å²) in [6.07, 6.45) is 8.96. The van der Waals surface area contributed by atoms with E-state index >= 15 is 0 Å². The fourth-order valence-electron chi connectivity index (χ4n) is 3.05. The number of carbonyl (C=O) groups excluding carboxylic acids is 1. The van der Waals surface area contributed by atoms with Crippen molar-refractivity contribution in [3.05, 3.63) is 24.2 Å². The summed E-state index contributed by atoms with van der Waals surface area (Å²) in [5.41, 5.74) is 0.619. The molecule has 2 saturated heterocycles. The minimum absolute atomic E-state index is 0.0104. The fourth-order valence-corrected chi connectivity index (χ4v) is 3.05. The molecule has 4 nitrogen and oxygen atoms in total. The molecule has 4 heteroatoms. The van der Waals surface area contributed by atoms with Crippen molar-refractivity contribution in [2.24, 2.45) is 0 Å². The summed E-state index contributed by atoms with van der Waals surface area (Å²) in [6.45, 7) is 0. The average molecular weight is 234 g/mol. The summed E-state index contributed by atoms with van der Waals surface area (Å²) in [6, 6.07) is 3.21. The number of furan rings is 1. The fraction of sp³-hybridized carbons (Fsp3) is 0.615. The molecular formula is C13H18N2O2. The highest BCUT2D eigenvalue weighted by molar-refractivity contribution is 5.93. The van der Waals surface area contributed by atoms with E-state index in [9.17, 15) is 4.79 Å². The van der Waals surface area contributed by atoms with Gasteiger partial charge in [-0.2, -0.15) is 0 Å². The Morgan fingerprint density at radius 3 is 2.76 bits per heavy atom. The van der Waals surface area contributed by atoms with Crippen LogP contribution in [0.25, 0.3) is 0 Å². The first-order chi connectivity index (χ1) is 8.31. The topological polar surface area (TPSA) is 54.3 Å². The van der Waals surface area contributed by atoms with Gasteiger partial charge in [0.2, 0.25) is 0 Å². The first-order valence-electron chi connectivity index (χ1n) is 6.40. The van der Waals surface area contributed by atoms with Crippen LogP contribution in [-0.2, 0) is 0 Å². The molecule has 3 heterocycles. The van der Waals surface area contributed by atoms with Crippen molar-refractivity contribution in [3.63, 3.8) is 0 Å². The largest absolute Gasteiger partial charge is 0.472 e. The van der Waals surface area contributed by atoms with Crippen molar-refractivity contribution in [1.29, 1.82) is 0 Å². The van der Waals surface area contributed by atoms with E-state index in [1.165, 1.54) is 31.8 Å². The third-order valence-corrected chi connectivity index (χ3v) is 3.83. The maximum atomic E-state index is 11.9. The summed E-state index contributed by atoms with van der Waals surface area (Å²) in [5, 5.41) is 6.73. The Labute approximate surface area is 101 Å². The third-order valence-electron chi connectivity index (χ3n) is 3.83. The van der Waals surface area contributed by atoms with Gasteiger partial charge in [0.25, 0.3) is 5.91 Å². The van der Waals surface area contributed by atoms with Gasteiger partial charge < -0.3 is 15.1 Å². The number of piperidine rings is 2. The lowest BCUT2D eigenvalue weighted by Gasteiger charge is -2.40. The summed E-state index contributed by atoms with van der Waals surface area (Å²) in [4.78, 5) is 11.9. The van der Waals surface area contributed by atoms with Crippen LogP contribution in [0.4, 0.5) is 0 Å². The van der Waals surface area contributed by atoms with Crippen LogP contribution in [0, 0.1) is 0 Å². The predicted molar refractivity (Wildman–Crippen MR) is 63.8 cm³/mol. The first-order valence-corrected chi connectivity index (χ1v) is 6.40. The maximum absolute atomic E-state index is 11.9. The molecule has 2 fully saturated rings. The van der Waals surface area contributed by atoms with E-state index in [2.05, 4.69) is 10.6 Å². The highest BCUT2D eigenvalue weighted by atomic mass is 16.3. The van der Waals surface area contributed by atoms with Crippen LogP contribution in [0.1, 0.15) is 42.5 Å². The van der Waals surface area contributed by atoms with Crippen molar-refractivity contribution < 1.29 is 9.21 Å². The lowest BCUT2D eigenvalue weighted by atomic mass is 9.84. The summed E-state index contributed by atoms with van der Waals surface area (Å²) in [5.74, 6) is -0.0104. The monoisotopic (exact) mass is 234 g/mol. The second-order valence-electron chi connectivity index (χ2n) is 5.15. The molecule has 2 aliphatic rings. The maximum Gasteiger partial charge on any atom is 0.254 e. The molecule has 0 spiro atoms. The molecule has 17 heavy (non-hydrogen) atoms. The zero-order valence-corrected chi connectivity index (χ0v) is 9.82. The van der Waals surface area contributed by atoms with Crippen LogP contribution in [0.15, 0.2) is 23.0 Å². The molecule has 2 bridgehead atoms. The minimum Gasteiger partial charge on any atom is -0.472 e. The summed E-state index contributed by atoms with van der Waals surface area (Å²) >= 11 is 0. The van der Waals surface area contributed by atoms with Crippen LogP contribution in [0.3, 0.4) is 0 Å². The van der Waals surface area contributed by atoms with Crippen molar-refractivity contribution in [2.45, 2.75) is 50.2 Å². The zero-order valence-electron chi connectivity index (χ0n) is 9.82. The van der Waals surface area contributed by atoms with Crippen molar-refractivity contribution >= 4 is 5.91 Å². The highest BCUT2D eigenvalue weighted by Gasteiger charge is 2.31. The highest BCUT2D eigenvalue weighted by Crippen LogP contribution is 2.25. The van der Waals surface area contributed by atoms with Crippen LogP contribution in [0.5, 0.6) is 0 Å². The van der Waals surface area contributed by atoms with E-state index < -0.39 is 0 Å². The van der Waals surface area contributed by atoms with Gasteiger partial charge in [0.05, 0.1) is 11.8 Å². The standard InChI is InChI=1S/C13H18N2O2/c16-13(9-4-5-17-8-9)15-12-6-10-2-1-3-11(7-12)14-10/h4-5,8,10-12,14H,1-3,6-7H2,(H,15,16). The molecular weight excluding hydrogens is 216 g/mol. The van der Waals surface area contributed by atoms with Gasteiger partial charge in [-0.15, -0.1) is 0 Å². The second kappa shape index (κ2) is 4.53. The van der Waals surface area contributed by atoms with Crippen molar-refractivity contribution in [1.82, 2.24) is 10.6 Å². The zero-order chi connectivity index (χ0) is 11.7. The Hall–Kier alpha value is -1.29. The van der Waals surface area contributed by atoms with E-state index in [0.717, 1.165) is 12.8 Å². The molecule has 92 valence electrons. The van der Waals surface area contributed by atoms with Crippen molar-refractivity contribution in [3.8, 4) is 0 Å². The Kier molecular flexibility index (Phi) is 2.89. The number of rotatable bonds is 2. The molecule has 0 saturated carbocycles. The van der Waals surface area contributed by atoms with Crippen LogP contribution >= 0.6 is 0 Å². The van der Waals surface area contributed by atoms with Gasteiger partial charge in [0.15, 0.2) is 0 Å². The molecule has 1 aromatic rings. The normalized spacial score (nSPS) is 32.1. The van der Waals surface area contributed by atoms with Crippen LogP contribution < -0.4 is 10.6 Å². The number of nitrogens with one attached hydrogen (secondary N) is 2. The first kappa shape index (κ1) is 10.8. The van der Waals surface area contributed by atoms with Gasteiger partial charge >= 0.3 is 0 Å². The van der Waals surface area contributed by atoms with Gasteiger partial charge in [-0.25, -0.2) is 0 Å². The number of hydrogen-bond donors (Lipinski definition) is 2. The number of fused-ring (bicyclic) bond motifs is 2. The van der Waals surface area contributed by atoms with E-state index in [1.54, 1.807) is 6.07 Å². The summed E-state index contributed by atoms with van der Waals surface area (Å²) < 4.78 is 4.93. The lowest BCUT2D eigenvalue weighted by Crippen LogP contribution is -2.54. The third kappa shape index (κ3) is 2.36. The molecule has 2 unspecified atom stereocenters. The Bertz CT molecular complexity index is 376. The Morgan fingerprint density at radius 1 is 1.35 bits per heavy atom. The lowest BCUT2D eigenvalue weighted by molar-refractivity contribution is 0.0906. The predicted octanol–water partition coefficient (Wildman–Crippen LogP) is 1.68. The molecule has 0 aromatic carbocycles. The number of carbonyl (C=O) groups is 1. The Morgan fingerprint density at radius 2 is 2.12 bits per heavy atom. The molecule has 2 atom stereocenters. The van der Waals surface area contributed by atoms with Gasteiger partial charge in [0, 0.05) is 18.1 Å². The number of amides is 1. The SMILES string of the molecule is O=C(NC1CC2CCCC(C1)N2)c1ccoc1. The van der Waals surface area contributed by atoms with Gasteiger partial charge in [-0.1, -0.05) is 6.42 Å². The smallest absolute Gasteiger partial charge is 0.254 e. The molecule has 3 rings (SSSR count). The van der Waals surface area contributed by atoms with Crippen molar-refractivity contribution in [2.75, 3.05) is 0 Å². The average Bonchev–Trinajstić information content (AvgIpc) is 2.81. The van der Waals surface area contributed by atoms with E-state index in [1.807, 2.05) is 0 Å². The Balaban J connectivity index is 1.60. The van der Waals surface area contributed by atoms with Gasteiger partial charge in [-0.3, -0.25) is 4.79 Å².